The van der Waals surface area contributed by atoms with Gasteiger partial charge in [-0.15, -0.1) is 0 Å². The van der Waals surface area contributed by atoms with E-state index in [9.17, 15) is 4.39 Å². The predicted octanol–water partition coefficient (Wildman–Crippen LogP) is 5.94. The van der Waals surface area contributed by atoms with E-state index >= 15 is 0 Å². The summed E-state index contributed by atoms with van der Waals surface area (Å²) < 4.78 is 14.0. The zero-order valence-electron chi connectivity index (χ0n) is 12.7. The lowest BCUT2D eigenvalue weighted by Gasteiger charge is -2.20. The molecule has 0 aliphatic heterocycles. The summed E-state index contributed by atoms with van der Waals surface area (Å²) in [5.41, 5.74) is 2.75. The summed E-state index contributed by atoms with van der Waals surface area (Å²) in [6.07, 6.45) is 0. The first kappa shape index (κ1) is 13.8. The van der Waals surface area contributed by atoms with Crippen molar-refractivity contribution >= 4 is 10.8 Å². The Hall–Kier alpha value is -2.15. The number of halogens is 1. The van der Waals surface area contributed by atoms with Crippen molar-refractivity contribution in [3.8, 4) is 11.1 Å². The van der Waals surface area contributed by atoms with Gasteiger partial charge in [-0.05, 0) is 51.1 Å². The van der Waals surface area contributed by atoms with Gasteiger partial charge in [0.2, 0.25) is 0 Å². The zero-order chi connectivity index (χ0) is 15.0. The number of hydrogen-bond acceptors (Lipinski definition) is 0. The van der Waals surface area contributed by atoms with Crippen LogP contribution in [-0.2, 0) is 5.41 Å². The van der Waals surface area contributed by atoms with Crippen molar-refractivity contribution in [3.63, 3.8) is 0 Å². The minimum Gasteiger partial charge on any atom is -0.207 e. The van der Waals surface area contributed by atoms with Crippen LogP contribution >= 0.6 is 0 Å². The number of fused-ring (bicyclic) bond motifs is 1. The highest BCUT2D eigenvalue weighted by atomic mass is 19.1. The third kappa shape index (κ3) is 2.69. The number of benzene rings is 3. The Kier molecular flexibility index (Phi) is 3.29. The Morgan fingerprint density at radius 2 is 1.33 bits per heavy atom. The Morgan fingerprint density at radius 3 is 2.05 bits per heavy atom. The van der Waals surface area contributed by atoms with E-state index in [0.717, 1.165) is 16.7 Å². The van der Waals surface area contributed by atoms with E-state index < -0.39 is 0 Å². The predicted molar refractivity (Wildman–Crippen MR) is 88.0 cm³/mol. The van der Waals surface area contributed by atoms with Crippen LogP contribution in [0.1, 0.15) is 26.3 Å². The van der Waals surface area contributed by atoms with E-state index in [4.69, 9.17) is 0 Å². The highest BCUT2D eigenvalue weighted by Gasteiger charge is 2.19. The molecule has 0 N–H and O–H groups in total. The van der Waals surface area contributed by atoms with Crippen LogP contribution in [0.2, 0.25) is 0 Å². The third-order valence-corrected chi connectivity index (χ3v) is 3.86. The molecule has 0 saturated carbocycles. The third-order valence-electron chi connectivity index (χ3n) is 3.86. The van der Waals surface area contributed by atoms with Gasteiger partial charge in [-0.1, -0.05) is 63.2 Å². The molecular weight excluding hydrogens is 259 g/mol. The maximum Gasteiger partial charge on any atom is 0.126 e. The molecule has 0 radical (unpaired) electrons. The zero-order valence-corrected chi connectivity index (χ0v) is 12.7. The summed E-state index contributed by atoms with van der Waals surface area (Å²) >= 11 is 0. The molecule has 3 aromatic carbocycles. The van der Waals surface area contributed by atoms with Gasteiger partial charge in [0.25, 0.3) is 0 Å². The molecule has 106 valence electrons. The summed E-state index contributed by atoms with van der Waals surface area (Å²) in [7, 11) is 0. The molecule has 0 bridgehead atoms. The van der Waals surface area contributed by atoms with Crippen LogP contribution in [0, 0.1) is 5.82 Å². The molecule has 21 heavy (non-hydrogen) atoms. The van der Waals surface area contributed by atoms with Crippen molar-refractivity contribution in [2.75, 3.05) is 0 Å². The summed E-state index contributed by atoms with van der Waals surface area (Å²) in [5.74, 6) is -0.132. The fourth-order valence-electron chi connectivity index (χ4n) is 2.65. The van der Waals surface area contributed by atoms with Crippen molar-refractivity contribution in [1.29, 1.82) is 0 Å². The van der Waals surface area contributed by atoms with E-state index in [2.05, 4.69) is 30.3 Å². The van der Waals surface area contributed by atoms with Crippen LogP contribution < -0.4 is 0 Å². The van der Waals surface area contributed by atoms with Crippen molar-refractivity contribution in [2.45, 2.75) is 26.2 Å². The van der Waals surface area contributed by atoms with Crippen molar-refractivity contribution < 1.29 is 4.39 Å². The van der Waals surface area contributed by atoms with Crippen molar-refractivity contribution in [2.24, 2.45) is 0 Å². The van der Waals surface area contributed by atoms with Crippen molar-refractivity contribution in [1.82, 2.24) is 0 Å². The first-order valence-corrected chi connectivity index (χ1v) is 7.24. The van der Waals surface area contributed by atoms with Gasteiger partial charge in [-0.25, -0.2) is 4.39 Å². The van der Waals surface area contributed by atoms with E-state index in [1.54, 1.807) is 6.07 Å². The first-order chi connectivity index (χ1) is 9.95. The van der Waals surface area contributed by atoms with Crippen LogP contribution in [0.5, 0.6) is 0 Å². The normalized spacial score (nSPS) is 11.8. The van der Waals surface area contributed by atoms with E-state index in [1.807, 2.05) is 45.0 Å². The van der Waals surface area contributed by atoms with E-state index in [-0.39, 0.29) is 11.2 Å². The van der Waals surface area contributed by atoms with E-state index in [0.29, 0.717) is 0 Å². The molecule has 1 heteroatoms. The molecule has 0 amide bonds. The maximum atomic E-state index is 14.0. The number of rotatable bonds is 1. The lowest BCUT2D eigenvalue weighted by Crippen LogP contribution is -2.13. The quantitative estimate of drug-likeness (QED) is 0.516. The second-order valence-electron chi connectivity index (χ2n) is 6.51. The summed E-state index contributed by atoms with van der Waals surface area (Å²) in [4.78, 5) is 0. The second kappa shape index (κ2) is 5.00. The van der Waals surface area contributed by atoms with Gasteiger partial charge in [0, 0.05) is 0 Å². The highest BCUT2D eigenvalue weighted by molar-refractivity contribution is 5.87. The Labute approximate surface area is 125 Å². The molecular formula is C20H19F. The van der Waals surface area contributed by atoms with Gasteiger partial charge in [-0.2, -0.15) is 0 Å². The maximum absolute atomic E-state index is 14.0. The van der Waals surface area contributed by atoms with Crippen molar-refractivity contribution in [3.05, 3.63) is 72.0 Å². The SMILES string of the molecule is CC(C)(C)c1cc(-c2ccc3ccccc3c2)ccc1F. The minimum atomic E-state index is -0.197. The summed E-state index contributed by atoms with van der Waals surface area (Å²) in [6.45, 7) is 6.11. The fourth-order valence-corrected chi connectivity index (χ4v) is 2.65. The van der Waals surface area contributed by atoms with Gasteiger partial charge in [0.1, 0.15) is 5.82 Å². The Morgan fingerprint density at radius 1 is 0.714 bits per heavy atom. The minimum absolute atomic E-state index is 0.132. The molecule has 0 spiro atoms. The Bertz CT molecular complexity index is 794. The Balaban J connectivity index is 2.14. The molecule has 0 heterocycles. The molecule has 0 aliphatic rings. The first-order valence-electron chi connectivity index (χ1n) is 7.24. The second-order valence-corrected chi connectivity index (χ2v) is 6.51. The van der Waals surface area contributed by atoms with Gasteiger partial charge in [-0.3, -0.25) is 0 Å². The van der Waals surface area contributed by atoms with Crippen LogP contribution in [0.3, 0.4) is 0 Å². The topological polar surface area (TPSA) is 0 Å². The average Bonchev–Trinajstić information content (AvgIpc) is 2.46. The summed E-state index contributed by atoms with van der Waals surface area (Å²) in [5, 5.41) is 2.43. The fraction of sp³-hybridized carbons (Fsp3) is 0.200. The molecule has 0 aliphatic carbocycles. The molecule has 3 rings (SSSR count). The highest BCUT2D eigenvalue weighted by Crippen LogP contribution is 2.31. The van der Waals surface area contributed by atoms with Gasteiger partial charge >= 0.3 is 0 Å². The lowest BCUT2D eigenvalue weighted by molar-refractivity contribution is 0.523. The molecule has 0 saturated heterocycles. The van der Waals surface area contributed by atoms with Crippen LogP contribution in [0.15, 0.2) is 60.7 Å². The van der Waals surface area contributed by atoms with Crippen LogP contribution in [0.4, 0.5) is 4.39 Å². The molecule has 0 atom stereocenters. The summed E-state index contributed by atoms with van der Waals surface area (Å²) in [6, 6.07) is 20.1. The smallest absolute Gasteiger partial charge is 0.126 e. The van der Waals surface area contributed by atoms with E-state index in [1.165, 1.54) is 10.8 Å². The van der Waals surface area contributed by atoms with Crippen LogP contribution in [-0.4, -0.2) is 0 Å². The molecule has 0 aromatic heterocycles. The molecule has 3 aromatic rings. The average molecular weight is 278 g/mol. The van der Waals surface area contributed by atoms with Gasteiger partial charge in [0.15, 0.2) is 0 Å². The molecule has 0 fully saturated rings. The lowest BCUT2D eigenvalue weighted by atomic mass is 9.85. The number of hydrogen-bond donors (Lipinski definition) is 0. The van der Waals surface area contributed by atoms with Gasteiger partial charge in [0.05, 0.1) is 0 Å². The largest absolute Gasteiger partial charge is 0.207 e. The monoisotopic (exact) mass is 278 g/mol. The standard InChI is InChI=1S/C20H19F/c1-20(2,3)18-13-17(10-11-19(18)21)16-9-8-14-6-4-5-7-15(14)12-16/h4-13H,1-3H3. The molecule has 0 nitrogen and oxygen atoms in total. The molecule has 0 unspecified atom stereocenters. The van der Waals surface area contributed by atoms with Gasteiger partial charge < -0.3 is 0 Å². The van der Waals surface area contributed by atoms with Crippen LogP contribution in [0.25, 0.3) is 21.9 Å².